The van der Waals surface area contributed by atoms with Crippen LogP contribution in [-0.2, 0) is 6.54 Å². The summed E-state index contributed by atoms with van der Waals surface area (Å²) in [5, 5.41) is 2.91. The highest BCUT2D eigenvalue weighted by atomic mass is 79.9. The molecule has 0 saturated heterocycles. The second kappa shape index (κ2) is 6.21. The third-order valence-corrected chi connectivity index (χ3v) is 4.33. The number of thiophene rings is 1. The standard InChI is InChI=1S/C14H14BrNO2S/c1-9-3-5-11(19-9)8-16-14(17)12-7-10(18-2)4-6-13(12)15/h3-7H,8H2,1-2H3,(H,16,17). The largest absolute Gasteiger partial charge is 0.497 e. The van der Waals surface area contributed by atoms with E-state index in [1.165, 1.54) is 4.88 Å². The zero-order chi connectivity index (χ0) is 13.8. The van der Waals surface area contributed by atoms with Gasteiger partial charge in [-0.1, -0.05) is 0 Å². The lowest BCUT2D eigenvalue weighted by Gasteiger charge is -2.08. The van der Waals surface area contributed by atoms with Gasteiger partial charge in [-0.15, -0.1) is 11.3 Å². The van der Waals surface area contributed by atoms with Crippen LogP contribution >= 0.6 is 27.3 Å². The van der Waals surface area contributed by atoms with E-state index in [0.29, 0.717) is 17.9 Å². The maximum Gasteiger partial charge on any atom is 0.252 e. The fourth-order valence-electron chi connectivity index (χ4n) is 1.65. The first-order valence-corrected chi connectivity index (χ1v) is 7.38. The van der Waals surface area contributed by atoms with Gasteiger partial charge < -0.3 is 10.1 Å². The molecular weight excluding hydrogens is 326 g/mol. The fraction of sp³-hybridized carbons (Fsp3) is 0.214. The molecule has 0 spiro atoms. The molecule has 1 amide bonds. The molecule has 0 radical (unpaired) electrons. The Morgan fingerprint density at radius 1 is 1.37 bits per heavy atom. The van der Waals surface area contributed by atoms with E-state index < -0.39 is 0 Å². The Labute approximate surface area is 124 Å². The SMILES string of the molecule is COc1ccc(Br)c(C(=O)NCc2ccc(C)s2)c1. The van der Waals surface area contributed by atoms with Crippen molar-refractivity contribution in [3.63, 3.8) is 0 Å². The Bertz CT molecular complexity index is 595. The van der Waals surface area contributed by atoms with Gasteiger partial charge in [0.2, 0.25) is 0 Å². The van der Waals surface area contributed by atoms with E-state index in [4.69, 9.17) is 4.74 Å². The van der Waals surface area contributed by atoms with Crippen molar-refractivity contribution in [3.8, 4) is 5.75 Å². The number of ether oxygens (including phenoxy) is 1. The number of methoxy groups -OCH3 is 1. The normalized spacial score (nSPS) is 10.3. The molecular formula is C14H14BrNO2S. The number of benzene rings is 1. The van der Waals surface area contributed by atoms with Crippen LogP contribution in [0.15, 0.2) is 34.8 Å². The molecule has 0 aliphatic carbocycles. The van der Waals surface area contributed by atoms with Crippen LogP contribution in [0.5, 0.6) is 5.75 Å². The summed E-state index contributed by atoms with van der Waals surface area (Å²) in [6, 6.07) is 9.42. The highest BCUT2D eigenvalue weighted by Gasteiger charge is 2.11. The summed E-state index contributed by atoms with van der Waals surface area (Å²) < 4.78 is 5.88. The van der Waals surface area contributed by atoms with Gasteiger partial charge in [-0.05, 0) is 53.2 Å². The summed E-state index contributed by atoms with van der Waals surface area (Å²) in [6.07, 6.45) is 0. The highest BCUT2D eigenvalue weighted by molar-refractivity contribution is 9.10. The average molecular weight is 340 g/mol. The van der Waals surface area contributed by atoms with Crippen molar-refractivity contribution in [2.75, 3.05) is 7.11 Å². The maximum atomic E-state index is 12.1. The zero-order valence-electron chi connectivity index (χ0n) is 10.7. The molecule has 100 valence electrons. The van der Waals surface area contributed by atoms with Crippen LogP contribution in [0.3, 0.4) is 0 Å². The van der Waals surface area contributed by atoms with Gasteiger partial charge in [-0.3, -0.25) is 4.79 Å². The topological polar surface area (TPSA) is 38.3 Å². The summed E-state index contributed by atoms with van der Waals surface area (Å²) in [5.74, 6) is 0.553. The first-order valence-electron chi connectivity index (χ1n) is 5.77. The summed E-state index contributed by atoms with van der Waals surface area (Å²) in [5.41, 5.74) is 0.577. The molecule has 0 bridgehead atoms. The van der Waals surface area contributed by atoms with Crippen molar-refractivity contribution in [2.45, 2.75) is 13.5 Å². The number of halogens is 1. The second-order valence-electron chi connectivity index (χ2n) is 4.04. The Morgan fingerprint density at radius 2 is 2.16 bits per heavy atom. The van der Waals surface area contributed by atoms with E-state index in [0.717, 1.165) is 9.35 Å². The lowest BCUT2D eigenvalue weighted by molar-refractivity contribution is 0.0950. The number of rotatable bonds is 4. The van der Waals surface area contributed by atoms with E-state index in [-0.39, 0.29) is 5.91 Å². The smallest absolute Gasteiger partial charge is 0.252 e. The van der Waals surface area contributed by atoms with Gasteiger partial charge in [-0.2, -0.15) is 0 Å². The summed E-state index contributed by atoms with van der Waals surface area (Å²) in [6.45, 7) is 2.59. The molecule has 1 heterocycles. The van der Waals surface area contributed by atoms with Crippen molar-refractivity contribution in [1.29, 1.82) is 0 Å². The molecule has 0 fully saturated rings. The Kier molecular flexibility index (Phi) is 4.61. The number of carbonyl (C=O) groups excluding carboxylic acids is 1. The maximum absolute atomic E-state index is 12.1. The Hall–Kier alpha value is -1.33. The number of hydrogen-bond acceptors (Lipinski definition) is 3. The molecule has 5 heteroatoms. The number of amides is 1. The van der Waals surface area contributed by atoms with E-state index in [1.807, 2.05) is 24.3 Å². The van der Waals surface area contributed by atoms with Crippen molar-refractivity contribution >= 4 is 33.2 Å². The van der Waals surface area contributed by atoms with Crippen LogP contribution in [0.25, 0.3) is 0 Å². The van der Waals surface area contributed by atoms with Gasteiger partial charge in [0, 0.05) is 14.2 Å². The monoisotopic (exact) mass is 339 g/mol. The van der Waals surface area contributed by atoms with Gasteiger partial charge in [0.1, 0.15) is 5.75 Å². The predicted octanol–water partition coefficient (Wildman–Crippen LogP) is 3.76. The molecule has 1 N–H and O–H groups in total. The first-order chi connectivity index (χ1) is 9.10. The number of hydrogen-bond donors (Lipinski definition) is 1. The number of aryl methyl sites for hydroxylation is 1. The van der Waals surface area contributed by atoms with Gasteiger partial charge in [0.05, 0.1) is 19.2 Å². The minimum absolute atomic E-state index is 0.114. The van der Waals surface area contributed by atoms with E-state index in [9.17, 15) is 4.79 Å². The summed E-state index contributed by atoms with van der Waals surface area (Å²) in [7, 11) is 1.58. The molecule has 19 heavy (non-hydrogen) atoms. The Morgan fingerprint density at radius 3 is 2.79 bits per heavy atom. The van der Waals surface area contributed by atoms with Crippen LogP contribution in [0.1, 0.15) is 20.1 Å². The molecule has 0 atom stereocenters. The minimum Gasteiger partial charge on any atom is -0.497 e. The van der Waals surface area contributed by atoms with Crippen molar-refractivity contribution in [1.82, 2.24) is 5.32 Å². The number of carbonyl (C=O) groups is 1. The van der Waals surface area contributed by atoms with Crippen molar-refractivity contribution in [2.24, 2.45) is 0 Å². The zero-order valence-corrected chi connectivity index (χ0v) is 13.1. The van der Waals surface area contributed by atoms with Gasteiger partial charge >= 0.3 is 0 Å². The van der Waals surface area contributed by atoms with E-state index in [2.05, 4.69) is 28.2 Å². The van der Waals surface area contributed by atoms with Gasteiger partial charge in [0.15, 0.2) is 0 Å². The van der Waals surface area contributed by atoms with Crippen molar-refractivity contribution < 1.29 is 9.53 Å². The van der Waals surface area contributed by atoms with Crippen LogP contribution in [0.4, 0.5) is 0 Å². The van der Waals surface area contributed by atoms with Crippen LogP contribution in [0, 0.1) is 6.92 Å². The van der Waals surface area contributed by atoms with Crippen molar-refractivity contribution in [3.05, 3.63) is 50.1 Å². The molecule has 0 unspecified atom stereocenters. The molecule has 0 aliphatic rings. The predicted molar refractivity (Wildman–Crippen MR) is 80.9 cm³/mol. The molecule has 1 aromatic heterocycles. The molecule has 2 aromatic rings. The van der Waals surface area contributed by atoms with E-state index in [1.54, 1.807) is 24.5 Å². The van der Waals surface area contributed by atoms with Crippen LogP contribution in [0.2, 0.25) is 0 Å². The lowest BCUT2D eigenvalue weighted by atomic mass is 10.2. The summed E-state index contributed by atoms with van der Waals surface area (Å²) in [4.78, 5) is 14.5. The molecule has 0 aliphatic heterocycles. The molecule has 2 rings (SSSR count). The van der Waals surface area contributed by atoms with Gasteiger partial charge in [0.25, 0.3) is 5.91 Å². The second-order valence-corrected chi connectivity index (χ2v) is 6.27. The Balaban J connectivity index is 2.07. The van der Waals surface area contributed by atoms with Crippen LogP contribution in [-0.4, -0.2) is 13.0 Å². The lowest BCUT2D eigenvalue weighted by Crippen LogP contribution is -2.22. The number of nitrogens with one attached hydrogen (secondary N) is 1. The third kappa shape index (κ3) is 3.58. The van der Waals surface area contributed by atoms with Gasteiger partial charge in [-0.25, -0.2) is 0 Å². The molecule has 1 aromatic carbocycles. The minimum atomic E-state index is -0.114. The molecule has 3 nitrogen and oxygen atoms in total. The van der Waals surface area contributed by atoms with E-state index >= 15 is 0 Å². The average Bonchev–Trinajstić information content (AvgIpc) is 2.82. The van der Waals surface area contributed by atoms with Crippen LogP contribution < -0.4 is 10.1 Å². The highest BCUT2D eigenvalue weighted by Crippen LogP contribution is 2.22. The molecule has 0 saturated carbocycles. The third-order valence-electron chi connectivity index (χ3n) is 2.64. The summed E-state index contributed by atoms with van der Waals surface area (Å²) >= 11 is 5.06. The first kappa shape index (κ1) is 14.1. The fourth-order valence-corrected chi connectivity index (χ4v) is 2.90. The quantitative estimate of drug-likeness (QED) is 0.920.